The number of nitrogens with two attached hydrogens (primary N) is 1. The molecule has 8 heteroatoms. The first-order valence-corrected chi connectivity index (χ1v) is 6.75. The molecular formula is C12H20N4O4. The van der Waals surface area contributed by atoms with Gasteiger partial charge in [0.2, 0.25) is 17.7 Å². The van der Waals surface area contributed by atoms with E-state index in [1.54, 1.807) is 4.90 Å². The maximum absolute atomic E-state index is 12.1. The molecule has 8 nitrogen and oxygen atoms in total. The predicted molar refractivity (Wildman–Crippen MR) is 69.0 cm³/mol. The summed E-state index contributed by atoms with van der Waals surface area (Å²) in [6.45, 7) is 2.11. The molecule has 0 saturated carbocycles. The summed E-state index contributed by atoms with van der Waals surface area (Å²) in [5, 5.41) is 0. The average molecular weight is 284 g/mol. The van der Waals surface area contributed by atoms with Crippen LogP contribution in [0.4, 0.5) is 0 Å². The standard InChI is InChI=1S/C12H20N4O4/c13-14-12(19)9-1-3-15(4-2-9)10(17)7-16-5-6-20-8-11(16)18/h9H,1-8,13H2,(H,14,19). The molecule has 0 aromatic rings. The molecule has 20 heavy (non-hydrogen) atoms. The number of piperidine rings is 1. The summed E-state index contributed by atoms with van der Waals surface area (Å²) in [7, 11) is 0. The van der Waals surface area contributed by atoms with E-state index in [0.29, 0.717) is 39.1 Å². The predicted octanol–water partition coefficient (Wildman–Crippen LogP) is -1.93. The average Bonchev–Trinajstić information content (AvgIpc) is 2.49. The van der Waals surface area contributed by atoms with E-state index in [1.807, 2.05) is 0 Å². The Bertz CT molecular complexity index is 393. The fourth-order valence-corrected chi connectivity index (χ4v) is 2.49. The van der Waals surface area contributed by atoms with Crippen molar-refractivity contribution in [2.75, 3.05) is 39.4 Å². The molecule has 3 N–H and O–H groups in total. The van der Waals surface area contributed by atoms with E-state index in [9.17, 15) is 14.4 Å². The monoisotopic (exact) mass is 284 g/mol. The van der Waals surface area contributed by atoms with E-state index >= 15 is 0 Å². The van der Waals surface area contributed by atoms with Crippen molar-refractivity contribution < 1.29 is 19.1 Å². The van der Waals surface area contributed by atoms with Gasteiger partial charge in [0.25, 0.3) is 0 Å². The number of hydrogen-bond acceptors (Lipinski definition) is 5. The molecule has 0 radical (unpaired) electrons. The third-order valence-electron chi connectivity index (χ3n) is 3.77. The second-order valence-electron chi connectivity index (χ2n) is 5.03. The Morgan fingerprint density at radius 3 is 2.60 bits per heavy atom. The molecule has 112 valence electrons. The molecule has 2 heterocycles. The van der Waals surface area contributed by atoms with Crippen LogP contribution in [0.5, 0.6) is 0 Å². The number of ether oxygens (including phenoxy) is 1. The lowest BCUT2D eigenvalue weighted by molar-refractivity contribution is -0.149. The molecule has 2 aliphatic heterocycles. The summed E-state index contributed by atoms with van der Waals surface area (Å²) in [4.78, 5) is 38.3. The van der Waals surface area contributed by atoms with Crippen molar-refractivity contribution in [2.45, 2.75) is 12.8 Å². The molecule has 3 amide bonds. The maximum Gasteiger partial charge on any atom is 0.249 e. The highest BCUT2D eigenvalue weighted by Crippen LogP contribution is 2.17. The Balaban J connectivity index is 1.79. The van der Waals surface area contributed by atoms with Crippen molar-refractivity contribution in [3.05, 3.63) is 0 Å². The Labute approximate surface area is 117 Å². The first-order chi connectivity index (χ1) is 9.61. The lowest BCUT2D eigenvalue weighted by atomic mass is 9.96. The normalized spacial score (nSPS) is 20.9. The van der Waals surface area contributed by atoms with Crippen molar-refractivity contribution in [2.24, 2.45) is 11.8 Å². The molecule has 0 bridgehead atoms. The van der Waals surface area contributed by atoms with E-state index in [0.717, 1.165) is 0 Å². The highest BCUT2D eigenvalue weighted by Gasteiger charge is 2.29. The summed E-state index contributed by atoms with van der Waals surface area (Å²) in [5.41, 5.74) is 2.14. The number of morpholine rings is 1. The first kappa shape index (κ1) is 14.7. The number of amides is 3. The van der Waals surface area contributed by atoms with Gasteiger partial charge in [-0.1, -0.05) is 0 Å². The summed E-state index contributed by atoms with van der Waals surface area (Å²) in [6.07, 6.45) is 1.21. The molecular weight excluding hydrogens is 264 g/mol. The summed E-state index contributed by atoms with van der Waals surface area (Å²) >= 11 is 0. The van der Waals surface area contributed by atoms with Gasteiger partial charge in [0, 0.05) is 25.6 Å². The van der Waals surface area contributed by atoms with E-state index in [4.69, 9.17) is 10.6 Å². The number of carbonyl (C=O) groups excluding carboxylic acids is 3. The minimum atomic E-state index is -0.180. The van der Waals surface area contributed by atoms with Crippen molar-refractivity contribution >= 4 is 17.7 Å². The van der Waals surface area contributed by atoms with Crippen LogP contribution in [0, 0.1) is 5.92 Å². The largest absolute Gasteiger partial charge is 0.370 e. The zero-order valence-electron chi connectivity index (χ0n) is 11.3. The smallest absolute Gasteiger partial charge is 0.249 e. The summed E-state index contributed by atoms with van der Waals surface area (Å²) in [5.74, 6) is 4.56. The Morgan fingerprint density at radius 1 is 1.30 bits per heavy atom. The second kappa shape index (κ2) is 6.67. The number of likely N-dealkylation sites (tertiary alicyclic amines) is 1. The van der Waals surface area contributed by atoms with Crippen LogP contribution < -0.4 is 11.3 Å². The van der Waals surface area contributed by atoms with Crippen LogP contribution in [0.25, 0.3) is 0 Å². The molecule has 0 aromatic heterocycles. The van der Waals surface area contributed by atoms with Gasteiger partial charge in [-0.2, -0.15) is 0 Å². The van der Waals surface area contributed by atoms with Crippen molar-refractivity contribution in [1.82, 2.24) is 15.2 Å². The summed E-state index contributed by atoms with van der Waals surface area (Å²) in [6, 6.07) is 0. The zero-order valence-corrected chi connectivity index (χ0v) is 11.3. The van der Waals surface area contributed by atoms with Gasteiger partial charge in [-0.05, 0) is 12.8 Å². The lowest BCUT2D eigenvalue weighted by Crippen LogP contribution is -2.50. The lowest BCUT2D eigenvalue weighted by Gasteiger charge is -2.33. The fraction of sp³-hybridized carbons (Fsp3) is 0.750. The van der Waals surface area contributed by atoms with Crippen LogP contribution in [-0.2, 0) is 19.1 Å². The van der Waals surface area contributed by atoms with Crippen LogP contribution in [0.2, 0.25) is 0 Å². The van der Waals surface area contributed by atoms with Crippen molar-refractivity contribution in [3.8, 4) is 0 Å². The number of carbonyl (C=O) groups is 3. The minimum absolute atomic E-state index is 0.0476. The quantitative estimate of drug-likeness (QED) is 0.357. The molecule has 0 unspecified atom stereocenters. The Kier molecular flexibility index (Phi) is 4.91. The second-order valence-corrected chi connectivity index (χ2v) is 5.03. The van der Waals surface area contributed by atoms with Crippen molar-refractivity contribution in [1.29, 1.82) is 0 Å². The highest BCUT2D eigenvalue weighted by atomic mass is 16.5. The van der Waals surface area contributed by atoms with Crippen LogP contribution in [0.1, 0.15) is 12.8 Å². The van der Waals surface area contributed by atoms with E-state index in [-0.39, 0.29) is 36.8 Å². The fourth-order valence-electron chi connectivity index (χ4n) is 2.49. The van der Waals surface area contributed by atoms with E-state index < -0.39 is 0 Å². The summed E-state index contributed by atoms with van der Waals surface area (Å²) < 4.78 is 5.02. The Hall–Kier alpha value is -1.67. The SMILES string of the molecule is NNC(=O)C1CCN(C(=O)CN2CCOCC2=O)CC1. The number of hydrogen-bond donors (Lipinski definition) is 2. The van der Waals surface area contributed by atoms with Gasteiger partial charge in [0.05, 0.1) is 13.2 Å². The molecule has 2 rings (SSSR count). The highest BCUT2D eigenvalue weighted by molar-refractivity contribution is 5.86. The molecule has 2 aliphatic rings. The third kappa shape index (κ3) is 3.45. The number of nitrogens with zero attached hydrogens (tertiary/aromatic N) is 2. The van der Waals surface area contributed by atoms with Gasteiger partial charge < -0.3 is 14.5 Å². The van der Waals surface area contributed by atoms with E-state index in [1.165, 1.54) is 4.90 Å². The molecule has 0 atom stereocenters. The van der Waals surface area contributed by atoms with Gasteiger partial charge in [-0.25, -0.2) is 5.84 Å². The number of rotatable bonds is 3. The number of hydrazine groups is 1. The van der Waals surface area contributed by atoms with Crippen LogP contribution in [0.15, 0.2) is 0 Å². The molecule has 0 spiro atoms. The van der Waals surface area contributed by atoms with Gasteiger partial charge in [-0.3, -0.25) is 19.8 Å². The van der Waals surface area contributed by atoms with Crippen LogP contribution in [-0.4, -0.2) is 66.9 Å². The van der Waals surface area contributed by atoms with Crippen LogP contribution in [0.3, 0.4) is 0 Å². The first-order valence-electron chi connectivity index (χ1n) is 6.75. The minimum Gasteiger partial charge on any atom is -0.370 e. The topological polar surface area (TPSA) is 105 Å². The van der Waals surface area contributed by atoms with Crippen LogP contribution >= 0.6 is 0 Å². The molecule has 0 aromatic carbocycles. The maximum atomic E-state index is 12.1. The van der Waals surface area contributed by atoms with Gasteiger partial charge in [0.15, 0.2) is 0 Å². The van der Waals surface area contributed by atoms with Gasteiger partial charge >= 0.3 is 0 Å². The number of nitrogens with one attached hydrogen (secondary N) is 1. The Morgan fingerprint density at radius 2 is 2.00 bits per heavy atom. The van der Waals surface area contributed by atoms with Crippen molar-refractivity contribution in [3.63, 3.8) is 0 Å². The molecule has 2 saturated heterocycles. The molecule has 2 fully saturated rings. The third-order valence-corrected chi connectivity index (χ3v) is 3.77. The van der Waals surface area contributed by atoms with E-state index in [2.05, 4.69) is 5.43 Å². The molecule has 0 aliphatic carbocycles. The zero-order chi connectivity index (χ0) is 14.5. The van der Waals surface area contributed by atoms with Gasteiger partial charge in [-0.15, -0.1) is 0 Å². The van der Waals surface area contributed by atoms with Gasteiger partial charge in [0.1, 0.15) is 6.61 Å².